The van der Waals surface area contributed by atoms with Gasteiger partial charge < -0.3 is 14.2 Å². The highest BCUT2D eigenvalue weighted by atomic mass is 16.5. The predicted molar refractivity (Wildman–Crippen MR) is 57.0 cm³/mol. The molecule has 0 aliphatic heterocycles. The minimum absolute atomic E-state index is 0.0542. The van der Waals surface area contributed by atoms with Gasteiger partial charge in [0.25, 0.3) is 0 Å². The second-order valence-corrected chi connectivity index (χ2v) is 3.06. The van der Waals surface area contributed by atoms with Gasteiger partial charge in [0.15, 0.2) is 0 Å². The van der Waals surface area contributed by atoms with Crippen molar-refractivity contribution >= 4 is 11.9 Å². The molecule has 0 saturated carbocycles. The summed E-state index contributed by atoms with van der Waals surface area (Å²) in [7, 11) is 2.61. The first-order valence-electron chi connectivity index (χ1n) is 5.07. The Hall–Kier alpha value is -1.14. The molecule has 0 amide bonds. The maximum Gasteiger partial charge on any atom is 0.319 e. The van der Waals surface area contributed by atoms with E-state index in [9.17, 15) is 9.59 Å². The molecule has 0 radical (unpaired) electrons. The van der Waals surface area contributed by atoms with Crippen LogP contribution in [-0.2, 0) is 23.8 Å². The quantitative estimate of drug-likeness (QED) is 0.422. The van der Waals surface area contributed by atoms with Crippen molar-refractivity contribution in [3.05, 3.63) is 0 Å². The highest BCUT2D eigenvalue weighted by Gasteiger charge is 2.14. The van der Waals surface area contributed by atoms with E-state index >= 15 is 0 Å². The zero-order chi connectivity index (χ0) is 12.4. The first kappa shape index (κ1) is 14.9. The van der Waals surface area contributed by atoms with Crippen molar-refractivity contribution in [2.75, 3.05) is 47.1 Å². The summed E-state index contributed by atoms with van der Waals surface area (Å²) in [4.78, 5) is 23.8. The molecule has 0 fully saturated rings. The van der Waals surface area contributed by atoms with Gasteiger partial charge in [-0.1, -0.05) is 0 Å². The van der Waals surface area contributed by atoms with Gasteiger partial charge in [0.1, 0.15) is 0 Å². The molecule has 0 heterocycles. The normalized spacial score (nSPS) is 10.2. The molecule has 0 bridgehead atoms. The third-order valence-electron chi connectivity index (χ3n) is 1.92. The molecule has 16 heavy (non-hydrogen) atoms. The van der Waals surface area contributed by atoms with Gasteiger partial charge in [0.2, 0.25) is 0 Å². The van der Waals surface area contributed by atoms with Crippen LogP contribution >= 0.6 is 0 Å². The lowest BCUT2D eigenvalue weighted by Gasteiger charge is -2.19. The molecule has 0 unspecified atom stereocenters. The van der Waals surface area contributed by atoms with E-state index in [0.29, 0.717) is 19.8 Å². The Morgan fingerprint density at radius 3 is 1.94 bits per heavy atom. The first-order chi connectivity index (χ1) is 7.63. The lowest BCUT2D eigenvalue weighted by molar-refractivity contribution is -0.145. The third-order valence-corrected chi connectivity index (χ3v) is 1.92. The highest BCUT2D eigenvalue weighted by Crippen LogP contribution is 1.92. The average Bonchev–Trinajstić information content (AvgIpc) is 2.28. The second-order valence-electron chi connectivity index (χ2n) is 3.06. The summed E-state index contributed by atoms with van der Waals surface area (Å²) < 4.78 is 14.2. The van der Waals surface area contributed by atoms with Gasteiger partial charge in [0.05, 0.1) is 33.9 Å². The number of carbonyl (C=O) groups is 2. The average molecular weight is 233 g/mol. The molecule has 0 aromatic heterocycles. The van der Waals surface area contributed by atoms with Crippen molar-refractivity contribution in [1.82, 2.24) is 4.90 Å². The van der Waals surface area contributed by atoms with E-state index in [1.165, 1.54) is 14.2 Å². The Kier molecular flexibility index (Phi) is 8.46. The van der Waals surface area contributed by atoms with Crippen LogP contribution < -0.4 is 0 Å². The Labute approximate surface area is 95.4 Å². The highest BCUT2D eigenvalue weighted by molar-refractivity contribution is 5.74. The fraction of sp³-hybridized carbons (Fsp3) is 0.800. The van der Waals surface area contributed by atoms with Gasteiger partial charge >= 0.3 is 11.9 Å². The molecule has 0 aliphatic carbocycles. The van der Waals surface area contributed by atoms with Gasteiger partial charge in [-0.05, 0) is 6.92 Å². The van der Waals surface area contributed by atoms with Crippen LogP contribution in [0.4, 0.5) is 0 Å². The van der Waals surface area contributed by atoms with Gasteiger partial charge in [-0.3, -0.25) is 14.5 Å². The molecule has 0 aliphatic rings. The van der Waals surface area contributed by atoms with Gasteiger partial charge in [-0.25, -0.2) is 0 Å². The summed E-state index contributed by atoms with van der Waals surface area (Å²) in [5, 5.41) is 0. The molecular weight excluding hydrogens is 214 g/mol. The van der Waals surface area contributed by atoms with E-state index in [0.717, 1.165) is 0 Å². The van der Waals surface area contributed by atoms with Crippen molar-refractivity contribution in [2.45, 2.75) is 6.92 Å². The monoisotopic (exact) mass is 233 g/mol. The van der Waals surface area contributed by atoms with Crippen LogP contribution in [0.2, 0.25) is 0 Å². The Balaban J connectivity index is 4.04. The number of hydrogen-bond acceptors (Lipinski definition) is 6. The molecular formula is C10H19NO5. The van der Waals surface area contributed by atoms with Gasteiger partial charge in [-0.15, -0.1) is 0 Å². The summed E-state index contributed by atoms with van der Waals surface area (Å²) in [5.41, 5.74) is 0. The summed E-state index contributed by atoms with van der Waals surface area (Å²) >= 11 is 0. The fourth-order valence-electron chi connectivity index (χ4n) is 1.05. The number of esters is 2. The Morgan fingerprint density at radius 1 is 1.06 bits per heavy atom. The number of nitrogens with zero attached hydrogens (tertiary/aromatic N) is 1. The zero-order valence-electron chi connectivity index (χ0n) is 10.0. The van der Waals surface area contributed by atoms with E-state index in [1.54, 1.807) is 4.90 Å². The van der Waals surface area contributed by atoms with Crippen molar-refractivity contribution in [3.63, 3.8) is 0 Å². The Morgan fingerprint density at radius 2 is 1.56 bits per heavy atom. The molecule has 6 nitrogen and oxygen atoms in total. The van der Waals surface area contributed by atoms with Crippen molar-refractivity contribution in [3.8, 4) is 0 Å². The number of ether oxygens (including phenoxy) is 3. The first-order valence-corrected chi connectivity index (χ1v) is 5.07. The molecule has 0 N–H and O–H groups in total. The molecule has 0 saturated heterocycles. The SMILES string of the molecule is CCOCCN(CC(=O)OC)CC(=O)OC. The van der Waals surface area contributed by atoms with Crippen LogP contribution in [0.25, 0.3) is 0 Å². The van der Waals surface area contributed by atoms with Crippen LogP contribution in [0, 0.1) is 0 Å². The maximum absolute atomic E-state index is 11.1. The zero-order valence-corrected chi connectivity index (χ0v) is 10.0. The summed E-state index contributed by atoms with van der Waals surface area (Å²) in [6, 6.07) is 0. The van der Waals surface area contributed by atoms with Crippen LogP contribution in [-0.4, -0.2) is 63.9 Å². The minimum Gasteiger partial charge on any atom is -0.468 e. The van der Waals surface area contributed by atoms with Crippen LogP contribution in [0.1, 0.15) is 6.92 Å². The summed E-state index contributed by atoms with van der Waals surface area (Å²) in [6.07, 6.45) is 0. The van der Waals surface area contributed by atoms with E-state index in [4.69, 9.17) is 4.74 Å². The molecule has 0 aromatic carbocycles. The molecule has 0 spiro atoms. The maximum atomic E-state index is 11.1. The molecule has 94 valence electrons. The standard InChI is InChI=1S/C10H19NO5/c1-4-16-6-5-11(7-9(12)14-2)8-10(13)15-3/h4-8H2,1-3H3. The largest absolute Gasteiger partial charge is 0.468 e. The Bertz CT molecular complexity index is 201. The lowest BCUT2D eigenvalue weighted by Crippen LogP contribution is -2.37. The molecule has 0 atom stereocenters. The van der Waals surface area contributed by atoms with E-state index < -0.39 is 0 Å². The number of rotatable bonds is 8. The number of carbonyl (C=O) groups excluding carboxylic acids is 2. The third kappa shape index (κ3) is 7.19. The summed E-state index contributed by atoms with van der Waals surface area (Å²) in [5.74, 6) is -0.777. The summed E-state index contributed by atoms with van der Waals surface area (Å²) in [6.45, 7) is 3.54. The minimum atomic E-state index is -0.389. The number of methoxy groups -OCH3 is 2. The topological polar surface area (TPSA) is 65.1 Å². The van der Waals surface area contributed by atoms with Crippen molar-refractivity contribution < 1.29 is 23.8 Å². The molecule has 0 rings (SSSR count). The molecule has 6 heteroatoms. The fourth-order valence-corrected chi connectivity index (χ4v) is 1.05. The predicted octanol–water partition coefficient (Wildman–Crippen LogP) is -0.329. The smallest absolute Gasteiger partial charge is 0.319 e. The van der Waals surface area contributed by atoms with Crippen LogP contribution in [0.5, 0.6) is 0 Å². The second kappa shape index (κ2) is 9.11. The number of hydrogen-bond donors (Lipinski definition) is 0. The van der Waals surface area contributed by atoms with E-state index in [2.05, 4.69) is 9.47 Å². The lowest BCUT2D eigenvalue weighted by atomic mass is 10.4. The van der Waals surface area contributed by atoms with Crippen molar-refractivity contribution in [1.29, 1.82) is 0 Å². The molecule has 0 aromatic rings. The van der Waals surface area contributed by atoms with Crippen molar-refractivity contribution in [2.24, 2.45) is 0 Å². The van der Waals surface area contributed by atoms with Gasteiger partial charge in [0, 0.05) is 13.2 Å². The van der Waals surface area contributed by atoms with E-state index in [-0.39, 0.29) is 25.0 Å². The van der Waals surface area contributed by atoms with E-state index in [1.807, 2.05) is 6.92 Å². The van der Waals surface area contributed by atoms with Gasteiger partial charge in [-0.2, -0.15) is 0 Å². The van der Waals surface area contributed by atoms with Crippen LogP contribution in [0.3, 0.4) is 0 Å². The van der Waals surface area contributed by atoms with Crippen LogP contribution in [0.15, 0.2) is 0 Å².